The molecule has 0 aliphatic rings. The van der Waals surface area contributed by atoms with Gasteiger partial charge in [-0.1, -0.05) is 11.6 Å². The maximum Gasteiger partial charge on any atom is 0.416 e. The molecular formula is C16H9ClF6O2. The van der Waals surface area contributed by atoms with Crippen LogP contribution in [0.1, 0.15) is 27.0 Å². The number of carbonyl (C=O) groups is 1. The van der Waals surface area contributed by atoms with Crippen molar-refractivity contribution in [3.8, 4) is 5.75 Å². The SMILES string of the molecule is O=Cc1ccc(Cl)c(OCc2cc(C(F)(F)F)ccc2C(F)(F)F)c1. The van der Waals surface area contributed by atoms with Crippen LogP contribution in [0.5, 0.6) is 5.75 Å². The molecule has 0 heterocycles. The van der Waals surface area contributed by atoms with Crippen molar-refractivity contribution in [3.05, 3.63) is 63.7 Å². The molecule has 2 rings (SSSR count). The van der Waals surface area contributed by atoms with Crippen LogP contribution in [0.2, 0.25) is 5.02 Å². The Morgan fingerprint density at radius 1 is 0.960 bits per heavy atom. The average molecular weight is 383 g/mol. The Kier molecular flexibility index (Phi) is 5.31. The molecule has 0 radical (unpaired) electrons. The molecule has 2 aromatic rings. The molecule has 0 N–H and O–H groups in total. The van der Waals surface area contributed by atoms with Gasteiger partial charge in [0.25, 0.3) is 0 Å². The molecule has 0 fully saturated rings. The number of hydrogen-bond donors (Lipinski definition) is 0. The molecule has 134 valence electrons. The summed E-state index contributed by atoms with van der Waals surface area (Å²) >= 11 is 5.81. The first kappa shape index (κ1) is 19.1. The van der Waals surface area contributed by atoms with E-state index < -0.39 is 35.6 Å². The van der Waals surface area contributed by atoms with E-state index in [2.05, 4.69) is 0 Å². The first-order chi connectivity index (χ1) is 11.5. The van der Waals surface area contributed by atoms with E-state index in [-0.39, 0.29) is 16.3 Å². The summed E-state index contributed by atoms with van der Waals surface area (Å²) in [6.45, 7) is -0.805. The van der Waals surface area contributed by atoms with Crippen molar-refractivity contribution in [3.63, 3.8) is 0 Å². The first-order valence-electron chi connectivity index (χ1n) is 6.67. The van der Waals surface area contributed by atoms with E-state index in [1.807, 2.05) is 0 Å². The van der Waals surface area contributed by atoms with Gasteiger partial charge in [0.2, 0.25) is 0 Å². The van der Waals surface area contributed by atoms with Crippen molar-refractivity contribution in [2.24, 2.45) is 0 Å². The molecule has 0 aliphatic heterocycles. The molecule has 9 heteroatoms. The maximum atomic E-state index is 13.0. The second-order valence-corrected chi connectivity index (χ2v) is 5.37. The van der Waals surface area contributed by atoms with E-state index in [1.165, 1.54) is 18.2 Å². The number of carbonyl (C=O) groups excluding carboxylic acids is 1. The molecule has 0 saturated carbocycles. The molecular weight excluding hydrogens is 374 g/mol. The van der Waals surface area contributed by atoms with Crippen LogP contribution in [0.4, 0.5) is 26.3 Å². The largest absolute Gasteiger partial charge is 0.487 e. The summed E-state index contributed by atoms with van der Waals surface area (Å²) in [4.78, 5) is 10.7. The van der Waals surface area contributed by atoms with Gasteiger partial charge in [-0.2, -0.15) is 26.3 Å². The lowest BCUT2D eigenvalue weighted by molar-refractivity contribution is -0.142. The zero-order chi connectivity index (χ0) is 18.8. The van der Waals surface area contributed by atoms with Crippen LogP contribution in [0, 0.1) is 0 Å². The van der Waals surface area contributed by atoms with Gasteiger partial charge >= 0.3 is 12.4 Å². The molecule has 2 nitrogen and oxygen atoms in total. The van der Waals surface area contributed by atoms with Crippen LogP contribution in [0.25, 0.3) is 0 Å². The van der Waals surface area contributed by atoms with Crippen LogP contribution in [-0.4, -0.2) is 6.29 Å². The van der Waals surface area contributed by atoms with E-state index in [9.17, 15) is 31.1 Å². The third-order valence-corrected chi connectivity index (χ3v) is 3.52. The minimum absolute atomic E-state index is 0.00568. The third kappa shape index (κ3) is 4.66. The van der Waals surface area contributed by atoms with E-state index in [1.54, 1.807) is 0 Å². The van der Waals surface area contributed by atoms with Crippen molar-refractivity contribution >= 4 is 17.9 Å². The van der Waals surface area contributed by atoms with Gasteiger partial charge in [-0.3, -0.25) is 4.79 Å². The number of halogens is 7. The van der Waals surface area contributed by atoms with Gasteiger partial charge in [0.05, 0.1) is 16.1 Å². The minimum Gasteiger partial charge on any atom is -0.487 e. The standard InChI is InChI=1S/C16H9ClF6O2/c17-13-4-1-9(7-24)5-14(13)25-8-10-6-11(15(18,19)20)2-3-12(10)16(21,22)23/h1-7H,8H2. The summed E-state index contributed by atoms with van der Waals surface area (Å²) in [6.07, 6.45) is -9.18. The second kappa shape index (κ2) is 6.95. The summed E-state index contributed by atoms with van der Waals surface area (Å²) in [5.41, 5.74) is -3.02. The quantitative estimate of drug-likeness (QED) is 0.495. The normalized spacial score (nSPS) is 12.1. The highest BCUT2D eigenvalue weighted by molar-refractivity contribution is 6.32. The second-order valence-electron chi connectivity index (χ2n) is 4.96. The van der Waals surface area contributed by atoms with E-state index in [4.69, 9.17) is 16.3 Å². The van der Waals surface area contributed by atoms with Gasteiger partial charge < -0.3 is 4.74 Å². The van der Waals surface area contributed by atoms with E-state index in [0.29, 0.717) is 24.5 Å². The van der Waals surface area contributed by atoms with Crippen molar-refractivity contribution in [1.29, 1.82) is 0 Å². The van der Waals surface area contributed by atoms with E-state index in [0.717, 1.165) is 0 Å². The number of ether oxygens (including phenoxy) is 1. The van der Waals surface area contributed by atoms with Crippen molar-refractivity contribution in [2.45, 2.75) is 19.0 Å². The highest BCUT2D eigenvalue weighted by Crippen LogP contribution is 2.37. The monoisotopic (exact) mass is 382 g/mol. The highest BCUT2D eigenvalue weighted by Gasteiger charge is 2.37. The number of aldehydes is 1. The Morgan fingerprint density at radius 2 is 1.64 bits per heavy atom. The lowest BCUT2D eigenvalue weighted by Gasteiger charge is -2.16. The molecule has 0 spiro atoms. The molecule has 0 aliphatic carbocycles. The Bertz CT molecular complexity index is 783. The van der Waals surface area contributed by atoms with Crippen molar-refractivity contribution in [1.82, 2.24) is 0 Å². The third-order valence-electron chi connectivity index (χ3n) is 3.21. The molecule has 2 aromatic carbocycles. The summed E-state index contributed by atoms with van der Waals surface area (Å²) < 4.78 is 82.3. The van der Waals surface area contributed by atoms with E-state index >= 15 is 0 Å². The molecule has 0 unspecified atom stereocenters. The fourth-order valence-corrected chi connectivity index (χ4v) is 2.20. The lowest BCUT2D eigenvalue weighted by atomic mass is 10.0. The lowest BCUT2D eigenvalue weighted by Crippen LogP contribution is -2.14. The summed E-state index contributed by atoms with van der Waals surface area (Å²) in [5.74, 6) is -0.114. The Balaban J connectivity index is 2.38. The Labute approximate surface area is 143 Å². The van der Waals surface area contributed by atoms with Gasteiger partial charge in [0.15, 0.2) is 0 Å². The molecule has 25 heavy (non-hydrogen) atoms. The van der Waals surface area contributed by atoms with Crippen LogP contribution in [0.3, 0.4) is 0 Å². The van der Waals surface area contributed by atoms with Gasteiger partial charge in [-0.15, -0.1) is 0 Å². The smallest absolute Gasteiger partial charge is 0.416 e. The molecule has 0 saturated heterocycles. The predicted octanol–water partition coefficient (Wildman–Crippen LogP) is 5.77. The Morgan fingerprint density at radius 3 is 2.20 bits per heavy atom. The van der Waals surface area contributed by atoms with Crippen LogP contribution in [0.15, 0.2) is 36.4 Å². The van der Waals surface area contributed by atoms with Crippen LogP contribution < -0.4 is 4.74 Å². The fourth-order valence-electron chi connectivity index (χ4n) is 2.03. The summed E-state index contributed by atoms with van der Waals surface area (Å²) in [6, 6.07) is 4.90. The number of hydrogen-bond acceptors (Lipinski definition) is 2. The van der Waals surface area contributed by atoms with Crippen molar-refractivity contribution < 1.29 is 35.9 Å². The highest BCUT2D eigenvalue weighted by atomic mass is 35.5. The summed E-state index contributed by atoms with van der Waals surface area (Å²) in [5, 5.41) is 0.00568. The van der Waals surface area contributed by atoms with Crippen LogP contribution >= 0.6 is 11.6 Å². The van der Waals surface area contributed by atoms with Gasteiger partial charge in [-0.05, 0) is 36.4 Å². The van der Waals surface area contributed by atoms with Crippen LogP contribution in [-0.2, 0) is 19.0 Å². The minimum atomic E-state index is -4.85. The average Bonchev–Trinajstić information content (AvgIpc) is 2.52. The number of rotatable bonds is 4. The maximum absolute atomic E-state index is 13.0. The predicted molar refractivity (Wildman–Crippen MR) is 77.6 cm³/mol. The topological polar surface area (TPSA) is 26.3 Å². The molecule has 0 bridgehead atoms. The molecule has 0 amide bonds. The van der Waals surface area contributed by atoms with Gasteiger partial charge in [-0.25, -0.2) is 0 Å². The summed E-state index contributed by atoms with van der Waals surface area (Å²) in [7, 11) is 0. The zero-order valence-electron chi connectivity index (χ0n) is 12.2. The van der Waals surface area contributed by atoms with Gasteiger partial charge in [0.1, 0.15) is 18.6 Å². The fraction of sp³-hybridized carbons (Fsp3) is 0.188. The van der Waals surface area contributed by atoms with Gasteiger partial charge in [0, 0.05) is 11.1 Å². The van der Waals surface area contributed by atoms with Crippen molar-refractivity contribution in [2.75, 3.05) is 0 Å². The zero-order valence-corrected chi connectivity index (χ0v) is 13.0. The Hall–Kier alpha value is -2.22. The number of benzene rings is 2. The molecule has 0 aromatic heterocycles. The first-order valence-corrected chi connectivity index (χ1v) is 7.05. The molecule has 0 atom stereocenters. The number of alkyl halides is 6.